The number of rotatable bonds is 6. The van der Waals surface area contributed by atoms with E-state index in [1.807, 2.05) is 19.9 Å². The first-order valence-electron chi connectivity index (χ1n) is 7.53. The van der Waals surface area contributed by atoms with Gasteiger partial charge in [0.25, 0.3) is 0 Å². The Labute approximate surface area is 146 Å². The van der Waals surface area contributed by atoms with E-state index in [0.717, 1.165) is 16.3 Å². The van der Waals surface area contributed by atoms with Gasteiger partial charge in [0.05, 0.1) is 4.90 Å². The van der Waals surface area contributed by atoms with Gasteiger partial charge in [0.15, 0.2) is 0 Å². The third kappa shape index (κ3) is 4.03. The van der Waals surface area contributed by atoms with Crippen molar-refractivity contribution in [2.24, 2.45) is 0 Å². The van der Waals surface area contributed by atoms with Crippen LogP contribution in [0.1, 0.15) is 32.6 Å². The van der Waals surface area contributed by atoms with Crippen LogP contribution in [0.4, 0.5) is 0 Å². The molecule has 7 heteroatoms. The van der Waals surface area contributed by atoms with Crippen LogP contribution in [0.3, 0.4) is 0 Å². The first-order chi connectivity index (χ1) is 11.3. The third-order valence-corrected chi connectivity index (χ3v) is 6.76. The van der Waals surface area contributed by atoms with Crippen LogP contribution < -0.4 is 0 Å². The molecule has 1 aromatic carbocycles. The van der Waals surface area contributed by atoms with Crippen molar-refractivity contribution in [3.05, 3.63) is 51.2 Å². The first-order valence-corrected chi connectivity index (χ1v) is 9.79. The second kappa shape index (κ2) is 7.46. The minimum atomic E-state index is -3.50. The van der Waals surface area contributed by atoms with E-state index in [-0.39, 0.29) is 17.5 Å². The Kier molecular flexibility index (Phi) is 5.79. The molecule has 0 N–H and O–H groups in total. The van der Waals surface area contributed by atoms with Crippen LogP contribution in [-0.2, 0) is 27.8 Å². The van der Waals surface area contributed by atoms with Crippen LogP contribution in [0.15, 0.2) is 35.2 Å². The molecule has 0 saturated carbocycles. The molecule has 130 valence electrons. The third-order valence-electron chi connectivity index (χ3n) is 3.59. The first kappa shape index (κ1) is 18.6. The maximum atomic E-state index is 12.2. The Morgan fingerprint density at radius 1 is 1.25 bits per heavy atom. The van der Waals surface area contributed by atoms with Gasteiger partial charge in [0.1, 0.15) is 11.5 Å². The lowest BCUT2D eigenvalue weighted by atomic mass is 10.2. The van der Waals surface area contributed by atoms with Crippen molar-refractivity contribution in [1.29, 1.82) is 0 Å². The van der Waals surface area contributed by atoms with Gasteiger partial charge < -0.3 is 4.74 Å². The monoisotopic (exact) mass is 367 g/mol. The van der Waals surface area contributed by atoms with E-state index >= 15 is 0 Å². The van der Waals surface area contributed by atoms with E-state index in [1.54, 1.807) is 12.1 Å². The SMILES string of the molecule is CCc1sc(C(=O)OCc2cccc(S(=O)(=O)N(C)C)c2)cc1C. The Bertz CT molecular complexity index is 838. The van der Waals surface area contributed by atoms with Gasteiger partial charge in [-0.25, -0.2) is 17.5 Å². The molecular weight excluding hydrogens is 346 g/mol. The summed E-state index contributed by atoms with van der Waals surface area (Å²) in [6.07, 6.45) is 0.883. The van der Waals surface area contributed by atoms with E-state index in [4.69, 9.17) is 4.74 Å². The maximum Gasteiger partial charge on any atom is 0.348 e. The largest absolute Gasteiger partial charge is 0.457 e. The van der Waals surface area contributed by atoms with E-state index in [9.17, 15) is 13.2 Å². The maximum absolute atomic E-state index is 12.2. The van der Waals surface area contributed by atoms with Crippen LogP contribution >= 0.6 is 11.3 Å². The Balaban J connectivity index is 2.10. The average molecular weight is 367 g/mol. The molecule has 0 aliphatic rings. The van der Waals surface area contributed by atoms with Gasteiger partial charge >= 0.3 is 5.97 Å². The average Bonchev–Trinajstić information content (AvgIpc) is 2.93. The molecule has 1 aromatic heterocycles. The summed E-state index contributed by atoms with van der Waals surface area (Å²) < 4.78 is 30.7. The van der Waals surface area contributed by atoms with Crippen molar-refractivity contribution < 1.29 is 17.9 Å². The standard InChI is InChI=1S/C17H21NO4S2/c1-5-15-12(2)9-16(23-15)17(19)22-11-13-7-6-8-14(10-13)24(20,21)18(3)4/h6-10H,5,11H2,1-4H3. The summed E-state index contributed by atoms with van der Waals surface area (Å²) in [5.74, 6) is -0.385. The molecule has 0 fully saturated rings. The summed E-state index contributed by atoms with van der Waals surface area (Å²) in [6.45, 7) is 4.06. The van der Waals surface area contributed by atoms with Crippen LogP contribution in [0.5, 0.6) is 0 Å². The van der Waals surface area contributed by atoms with Crippen molar-refractivity contribution in [2.45, 2.75) is 31.8 Å². The minimum absolute atomic E-state index is 0.0357. The second-order valence-electron chi connectivity index (χ2n) is 5.58. The number of thiophene rings is 1. The van der Waals surface area contributed by atoms with Crippen molar-refractivity contribution >= 4 is 27.3 Å². The number of ether oxygens (including phenoxy) is 1. The minimum Gasteiger partial charge on any atom is -0.457 e. The quantitative estimate of drug-likeness (QED) is 0.736. The fourth-order valence-corrected chi connectivity index (χ4v) is 4.18. The number of carbonyl (C=O) groups is 1. The highest BCUT2D eigenvalue weighted by Crippen LogP contribution is 2.23. The number of sulfonamides is 1. The number of carbonyl (C=O) groups excluding carboxylic acids is 1. The normalized spacial score (nSPS) is 11.7. The van der Waals surface area contributed by atoms with E-state index in [0.29, 0.717) is 10.4 Å². The second-order valence-corrected chi connectivity index (χ2v) is 8.87. The fraction of sp³-hybridized carbons (Fsp3) is 0.353. The van der Waals surface area contributed by atoms with Crippen LogP contribution in [0.2, 0.25) is 0 Å². The summed E-state index contributed by atoms with van der Waals surface area (Å²) >= 11 is 1.44. The van der Waals surface area contributed by atoms with Gasteiger partial charge in [-0.05, 0) is 42.7 Å². The molecule has 5 nitrogen and oxygen atoms in total. The lowest BCUT2D eigenvalue weighted by Crippen LogP contribution is -2.22. The molecule has 0 aliphatic carbocycles. The van der Waals surface area contributed by atoms with Gasteiger partial charge in [-0.15, -0.1) is 11.3 Å². The van der Waals surface area contributed by atoms with Gasteiger partial charge in [0, 0.05) is 19.0 Å². The Hall–Kier alpha value is -1.70. The lowest BCUT2D eigenvalue weighted by Gasteiger charge is -2.12. The summed E-state index contributed by atoms with van der Waals surface area (Å²) in [5, 5.41) is 0. The number of nitrogens with zero attached hydrogens (tertiary/aromatic N) is 1. The van der Waals surface area contributed by atoms with E-state index in [1.165, 1.54) is 42.4 Å². The molecule has 0 aliphatic heterocycles. The number of hydrogen-bond donors (Lipinski definition) is 0. The number of benzene rings is 1. The van der Waals surface area contributed by atoms with Crippen LogP contribution in [0.25, 0.3) is 0 Å². The van der Waals surface area contributed by atoms with Gasteiger partial charge in [-0.2, -0.15) is 0 Å². The Morgan fingerprint density at radius 2 is 1.96 bits per heavy atom. The molecule has 0 unspecified atom stereocenters. The molecule has 0 amide bonds. The number of hydrogen-bond acceptors (Lipinski definition) is 5. The van der Waals surface area contributed by atoms with Gasteiger partial charge in [-0.1, -0.05) is 19.1 Å². The molecule has 1 heterocycles. The number of esters is 1. The topological polar surface area (TPSA) is 63.7 Å². The molecule has 24 heavy (non-hydrogen) atoms. The van der Waals surface area contributed by atoms with E-state index in [2.05, 4.69) is 0 Å². The fourth-order valence-electron chi connectivity index (χ4n) is 2.20. The summed E-state index contributed by atoms with van der Waals surface area (Å²) in [5.41, 5.74) is 1.73. The van der Waals surface area contributed by atoms with E-state index < -0.39 is 10.0 Å². The highest BCUT2D eigenvalue weighted by atomic mass is 32.2. The Morgan fingerprint density at radius 3 is 2.54 bits per heavy atom. The summed E-state index contributed by atoms with van der Waals surface area (Å²) in [7, 11) is -0.544. The zero-order valence-electron chi connectivity index (χ0n) is 14.2. The molecule has 2 aromatic rings. The van der Waals surface area contributed by atoms with Crippen molar-refractivity contribution in [3.63, 3.8) is 0 Å². The molecule has 0 bridgehead atoms. The molecule has 0 saturated heterocycles. The zero-order chi connectivity index (χ0) is 17.9. The molecule has 0 spiro atoms. The predicted octanol–water partition coefficient (Wildman–Crippen LogP) is 3.23. The molecule has 0 radical (unpaired) electrons. The van der Waals surface area contributed by atoms with Crippen LogP contribution in [-0.4, -0.2) is 32.8 Å². The van der Waals surface area contributed by atoms with Crippen molar-refractivity contribution in [3.8, 4) is 0 Å². The molecule has 2 rings (SSSR count). The van der Waals surface area contributed by atoms with Crippen LogP contribution in [0, 0.1) is 6.92 Å². The zero-order valence-corrected chi connectivity index (χ0v) is 15.8. The lowest BCUT2D eigenvalue weighted by molar-refractivity contribution is 0.0478. The smallest absolute Gasteiger partial charge is 0.348 e. The number of aryl methyl sites for hydroxylation is 2. The van der Waals surface area contributed by atoms with Crippen molar-refractivity contribution in [1.82, 2.24) is 4.31 Å². The van der Waals surface area contributed by atoms with Crippen molar-refractivity contribution in [2.75, 3.05) is 14.1 Å². The predicted molar refractivity (Wildman–Crippen MR) is 94.9 cm³/mol. The summed E-state index contributed by atoms with van der Waals surface area (Å²) in [4.78, 5) is 14.1. The van der Waals surface area contributed by atoms with Gasteiger partial charge in [0.2, 0.25) is 10.0 Å². The highest BCUT2D eigenvalue weighted by Gasteiger charge is 2.18. The summed E-state index contributed by atoms with van der Waals surface area (Å²) in [6, 6.07) is 8.26. The molecule has 0 atom stereocenters. The van der Waals surface area contributed by atoms with Gasteiger partial charge in [-0.3, -0.25) is 0 Å². The highest BCUT2D eigenvalue weighted by molar-refractivity contribution is 7.89. The molecular formula is C17H21NO4S2.